The van der Waals surface area contributed by atoms with Crippen LogP contribution in [0.5, 0.6) is 5.75 Å². The summed E-state index contributed by atoms with van der Waals surface area (Å²) in [4.78, 5) is 31.6. The summed E-state index contributed by atoms with van der Waals surface area (Å²) < 4.78 is 7.36. The molecule has 0 spiro atoms. The number of halogens is 1. The van der Waals surface area contributed by atoms with Crippen LogP contribution in [0.1, 0.15) is 30.5 Å². The van der Waals surface area contributed by atoms with Gasteiger partial charge in [0.15, 0.2) is 0 Å². The molecule has 8 heteroatoms. The number of aromatic nitrogens is 2. The van der Waals surface area contributed by atoms with Crippen LogP contribution in [0.25, 0.3) is 5.76 Å². The molecular weight excluding hydrogens is 442 g/mol. The first-order chi connectivity index (χ1) is 16.0. The van der Waals surface area contributed by atoms with Gasteiger partial charge in [-0.1, -0.05) is 41.9 Å². The molecule has 0 bridgehead atoms. The van der Waals surface area contributed by atoms with E-state index in [4.69, 9.17) is 16.3 Å². The average molecular weight is 466 g/mol. The van der Waals surface area contributed by atoms with Crippen LogP contribution in [-0.4, -0.2) is 44.4 Å². The van der Waals surface area contributed by atoms with Crippen LogP contribution < -0.4 is 4.74 Å². The number of aliphatic hydroxyl groups excluding tert-OH is 1. The van der Waals surface area contributed by atoms with Gasteiger partial charge in [0, 0.05) is 31.0 Å². The molecule has 0 unspecified atom stereocenters. The van der Waals surface area contributed by atoms with Gasteiger partial charge in [-0.2, -0.15) is 0 Å². The highest BCUT2D eigenvalue weighted by Gasteiger charge is 2.45. The largest absolute Gasteiger partial charge is 0.507 e. The third-order valence-electron chi connectivity index (χ3n) is 5.53. The molecule has 0 aliphatic carbocycles. The molecular formula is C25H24ClN3O4. The fourth-order valence-electron chi connectivity index (χ4n) is 4.01. The number of carbonyl (C=O) groups excluding carboxylic acids is 2. The van der Waals surface area contributed by atoms with Gasteiger partial charge in [0.1, 0.15) is 11.5 Å². The molecule has 7 nitrogen and oxygen atoms in total. The highest BCUT2D eigenvalue weighted by Crippen LogP contribution is 2.40. The fraction of sp³-hybridized carbons (Fsp3) is 0.240. The number of hydrogen-bond acceptors (Lipinski definition) is 5. The SMILES string of the molecule is CCOc1ccc(/C(O)=C2\C(=O)C(=O)N(CCCn3ccnc3)[C@@H]2c2ccccc2)cc1Cl. The summed E-state index contributed by atoms with van der Waals surface area (Å²) in [6.07, 6.45) is 5.87. The second-order valence-electron chi connectivity index (χ2n) is 7.64. The first-order valence-corrected chi connectivity index (χ1v) is 11.1. The van der Waals surface area contributed by atoms with E-state index in [-0.39, 0.29) is 11.3 Å². The first-order valence-electron chi connectivity index (χ1n) is 10.7. The Morgan fingerprint density at radius 1 is 1.15 bits per heavy atom. The van der Waals surface area contributed by atoms with Gasteiger partial charge in [-0.25, -0.2) is 4.98 Å². The van der Waals surface area contributed by atoms with Gasteiger partial charge in [-0.15, -0.1) is 0 Å². The Morgan fingerprint density at radius 3 is 2.61 bits per heavy atom. The van der Waals surface area contributed by atoms with Crippen LogP contribution in [0.15, 0.2) is 72.8 Å². The molecule has 1 aliphatic heterocycles. The highest BCUT2D eigenvalue weighted by atomic mass is 35.5. The summed E-state index contributed by atoms with van der Waals surface area (Å²) >= 11 is 6.30. The zero-order valence-corrected chi connectivity index (χ0v) is 18.9. The third-order valence-corrected chi connectivity index (χ3v) is 5.83. The number of likely N-dealkylation sites (tertiary alicyclic amines) is 1. The van der Waals surface area contributed by atoms with Crippen LogP contribution in [0, 0.1) is 0 Å². The van der Waals surface area contributed by atoms with Crippen molar-refractivity contribution in [3.05, 3.63) is 89.0 Å². The van der Waals surface area contributed by atoms with Crippen molar-refractivity contribution < 1.29 is 19.4 Å². The molecule has 4 rings (SSSR count). The summed E-state index contributed by atoms with van der Waals surface area (Å²) in [6, 6.07) is 13.3. The standard InChI is InChI=1S/C25H24ClN3O4/c1-2-33-20-10-9-18(15-19(20)26)23(30)21-22(17-7-4-3-5-8-17)29(25(32)24(21)31)13-6-12-28-14-11-27-16-28/h3-5,7-11,14-16,22,30H,2,6,12-13H2,1H3/b23-21+/t22-/m1/s1. The van der Waals surface area contributed by atoms with Gasteiger partial charge in [0.2, 0.25) is 0 Å². The lowest BCUT2D eigenvalue weighted by molar-refractivity contribution is -0.139. The number of aryl methyl sites for hydroxylation is 1. The maximum atomic E-state index is 13.1. The van der Waals surface area contributed by atoms with E-state index in [1.807, 2.05) is 48.0 Å². The van der Waals surface area contributed by atoms with Crippen LogP contribution >= 0.6 is 11.6 Å². The quantitative estimate of drug-likeness (QED) is 0.302. The Bertz CT molecular complexity index is 1180. The van der Waals surface area contributed by atoms with Gasteiger partial charge in [-0.05, 0) is 37.1 Å². The zero-order valence-electron chi connectivity index (χ0n) is 18.1. The number of amides is 1. The van der Waals surface area contributed by atoms with Crippen molar-refractivity contribution in [3.8, 4) is 5.75 Å². The minimum Gasteiger partial charge on any atom is -0.507 e. The van der Waals surface area contributed by atoms with Crippen molar-refractivity contribution in [2.45, 2.75) is 25.9 Å². The van der Waals surface area contributed by atoms with Crippen LogP contribution in [0.2, 0.25) is 5.02 Å². The normalized spacial score (nSPS) is 17.5. The van der Waals surface area contributed by atoms with Gasteiger partial charge in [0.05, 0.1) is 29.6 Å². The van der Waals surface area contributed by atoms with Gasteiger partial charge >= 0.3 is 0 Å². The van der Waals surface area contributed by atoms with Crippen LogP contribution in [0.4, 0.5) is 0 Å². The van der Waals surface area contributed by atoms with E-state index in [2.05, 4.69) is 4.98 Å². The Labute approximate surface area is 196 Å². The summed E-state index contributed by atoms with van der Waals surface area (Å²) in [7, 11) is 0. The summed E-state index contributed by atoms with van der Waals surface area (Å²) in [5, 5.41) is 11.5. The molecule has 1 aromatic heterocycles. The van der Waals surface area contributed by atoms with Crippen molar-refractivity contribution in [2.75, 3.05) is 13.2 Å². The maximum absolute atomic E-state index is 13.1. The number of benzene rings is 2. The van der Waals surface area contributed by atoms with Gasteiger partial charge in [-0.3, -0.25) is 9.59 Å². The molecule has 33 heavy (non-hydrogen) atoms. The molecule has 170 valence electrons. The topological polar surface area (TPSA) is 84.7 Å². The molecule has 3 aromatic rings. The summed E-state index contributed by atoms with van der Waals surface area (Å²) in [5.74, 6) is -1.12. The Hall–Kier alpha value is -3.58. The first kappa shape index (κ1) is 22.6. The Balaban J connectivity index is 1.71. The molecule has 1 aliphatic rings. The molecule has 1 N–H and O–H groups in total. The van der Waals surface area contributed by atoms with E-state index in [0.29, 0.717) is 42.5 Å². The number of imidazole rings is 1. The lowest BCUT2D eigenvalue weighted by atomic mass is 9.95. The van der Waals surface area contributed by atoms with Gasteiger partial charge in [0.25, 0.3) is 11.7 Å². The molecule has 1 saturated heterocycles. The number of aliphatic hydroxyl groups is 1. The number of ether oxygens (including phenoxy) is 1. The zero-order chi connectivity index (χ0) is 23.4. The van der Waals surface area contributed by atoms with Crippen molar-refractivity contribution in [1.29, 1.82) is 0 Å². The maximum Gasteiger partial charge on any atom is 0.295 e. The predicted molar refractivity (Wildman–Crippen MR) is 125 cm³/mol. The van der Waals surface area contributed by atoms with Gasteiger partial charge < -0.3 is 19.3 Å². The number of nitrogens with zero attached hydrogens (tertiary/aromatic N) is 3. The number of rotatable bonds is 8. The van der Waals surface area contributed by atoms with Crippen LogP contribution in [-0.2, 0) is 16.1 Å². The van der Waals surface area contributed by atoms with Crippen molar-refractivity contribution in [1.82, 2.24) is 14.5 Å². The van der Waals surface area contributed by atoms with E-state index in [9.17, 15) is 14.7 Å². The Kier molecular flexibility index (Phi) is 6.79. The van der Waals surface area contributed by atoms with E-state index in [1.165, 1.54) is 11.0 Å². The van der Waals surface area contributed by atoms with Crippen molar-refractivity contribution in [2.24, 2.45) is 0 Å². The molecule has 0 saturated carbocycles. The van der Waals surface area contributed by atoms with E-state index in [0.717, 1.165) is 5.56 Å². The van der Waals surface area contributed by atoms with Crippen LogP contribution in [0.3, 0.4) is 0 Å². The monoisotopic (exact) mass is 465 g/mol. The number of hydrogen-bond donors (Lipinski definition) is 1. The molecule has 0 radical (unpaired) electrons. The lowest BCUT2D eigenvalue weighted by Crippen LogP contribution is -2.31. The molecule has 1 amide bonds. The number of Topliss-reactive ketones (excluding diaryl/α,β-unsaturated/α-hetero) is 1. The van der Waals surface area contributed by atoms with E-state index < -0.39 is 17.7 Å². The van der Waals surface area contributed by atoms with Crippen molar-refractivity contribution in [3.63, 3.8) is 0 Å². The third kappa shape index (κ3) is 4.64. The smallest absolute Gasteiger partial charge is 0.295 e. The Morgan fingerprint density at radius 2 is 1.94 bits per heavy atom. The van der Waals surface area contributed by atoms with E-state index >= 15 is 0 Å². The lowest BCUT2D eigenvalue weighted by Gasteiger charge is -2.25. The molecule has 1 fully saturated rings. The molecule has 1 atom stereocenters. The minimum absolute atomic E-state index is 0.0501. The second kappa shape index (κ2) is 9.92. The second-order valence-corrected chi connectivity index (χ2v) is 8.04. The summed E-state index contributed by atoms with van der Waals surface area (Å²) in [6.45, 7) is 3.30. The number of ketones is 1. The molecule has 2 aromatic carbocycles. The predicted octanol–water partition coefficient (Wildman–Crippen LogP) is 4.45. The highest BCUT2D eigenvalue weighted by molar-refractivity contribution is 6.46. The average Bonchev–Trinajstić information content (AvgIpc) is 3.43. The van der Waals surface area contributed by atoms with E-state index in [1.54, 1.807) is 24.7 Å². The van der Waals surface area contributed by atoms with Crippen molar-refractivity contribution >= 4 is 29.1 Å². The fourth-order valence-corrected chi connectivity index (χ4v) is 4.25. The minimum atomic E-state index is -0.714. The molecule has 2 heterocycles. The number of carbonyl (C=O) groups is 2. The summed E-state index contributed by atoms with van der Waals surface area (Å²) in [5.41, 5.74) is 1.15.